The number of benzene rings is 1. The highest BCUT2D eigenvalue weighted by atomic mass is 16.5. The number of carbonyl (C=O) groups is 4. The van der Waals surface area contributed by atoms with Gasteiger partial charge in [-0.3, -0.25) is 19.4 Å². The second kappa shape index (κ2) is 13.9. The predicted octanol–water partition coefficient (Wildman–Crippen LogP) is 3.23. The zero-order chi connectivity index (χ0) is 26.6. The first-order valence-electron chi connectivity index (χ1n) is 12.2. The van der Waals surface area contributed by atoms with Crippen LogP contribution in [0.3, 0.4) is 0 Å². The van der Waals surface area contributed by atoms with E-state index in [4.69, 9.17) is 14.9 Å². The Kier molecular flexibility index (Phi) is 10.3. The molecule has 196 valence electrons. The Morgan fingerprint density at radius 1 is 0.919 bits per heavy atom. The zero-order valence-corrected chi connectivity index (χ0v) is 20.5. The Morgan fingerprint density at radius 2 is 1.54 bits per heavy atom. The number of amides is 2. The average molecular weight is 510 g/mol. The van der Waals surface area contributed by atoms with Crippen LogP contribution in [0.2, 0.25) is 0 Å². The molecule has 3 heterocycles. The van der Waals surface area contributed by atoms with Crippen LogP contribution in [-0.4, -0.2) is 75.0 Å². The summed E-state index contributed by atoms with van der Waals surface area (Å²) < 4.78 is 5.80. The number of ether oxygens (including phenoxy) is 1. The summed E-state index contributed by atoms with van der Waals surface area (Å²) >= 11 is 0. The number of piperidine rings is 1. The molecule has 2 aromatic rings. The number of unbranched alkanes of at least 4 members (excludes halogenated alkanes) is 1. The molecule has 1 aromatic heterocycles. The summed E-state index contributed by atoms with van der Waals surface area (Å²) in [4.78, 5) is 51.9. The van der Waals surface area contributed by atoms with Gasteiger partial charge < -0.3 is 14.9 Å². The number of likely N-dealkylation sites (tertiary alicyclic amines) is 1. The number of pyridine rings is 1. The number of nitrogens with zero attached hydrogens (tertiary/aromatic N) is 3. The van der Waals surface area contributed by atoms with E-state index in [-0.39, 0.29) is 11.8 Å². The number of carbonyl (C=O) groups excluding carboxylic acids is 2. The average Bonchev–Trinajstić information content (AvgIpc) is 3.13. The third kappa shape index (κ3) is 8.53. The number of hydrogen-bond donors (Lipinski definition) is 2. The van der Waals surface area contributed by atoms with E-state index in [1.807, 2.05) is 12.1 Å². The molecule has 10 nitrogen and oxygen atoms in total. The standard InChI is InChI=1S/C23H27N3O3.C4H4O4/c27-22-19-8-2-3-9-20(19)23(28)26(22)14-6-7-15-29-21-16-18(10-11-24-21)17-25-12-4-1-5-13-25;5-3(6)1-2-4(7)8/h2-3,8-11,16H,1,4-7,12-15,17H2;1-2H,(H,5,6)(H,7,8)/b;2-1+. The Bertz CT molecular complexity index is 1090. The molecular formula is C27H31N3O7. The quantitative estimate of drug-likeness (QED) is 0.281. The molecule has 1 fully saturated rings. The van der Waals surface area contributed by atoms with E-state index >= 15 is 0 Å². The van der Waals surface area contributed by atoms with E-state index in [2.05, 4.69) is 9.88 Å². The van der Waals surface area contributed by atoms with Crippen molar-refractivity contribution in [3.8, 4) is 5.88 Å². The summed E-state index contributed by atoms with van der Waals surface area (Å²) in [5.74, 6) is -2.27. The zero-order valence-electron chi connectivity index (χ0n) is 20.5. The Labute approximate surface area is 215 Å². The van der Waals surface area contributed by atoms with Gasteiger partial charge in [0.2, 0.25) is 5.88 Å². The molecule has 1 saturated heterocycles. The van der Waals surface area contributed by atoms with Crippen molar-refractivity contribution in [2.24, 2.45) is 0 Å². The molecule has 1 aromatic carbocycles. The van der Waals surface area contributed by atoms with Crippen LogP contribution in [0, 0.1) is 0 Å². The molecule has 2 N–H and O–H groups in total. The lowest BCUT2D eigenvalue weighted by Gasteiger charge is -2.26. The van der Waals surface area contributed by atoms with Crippen molar-refractivity contribution >= 4 is 23.8 Å². The number of rotatable bonds is 10. The number of aliphatic carboxylic acids is 2. The molecule has 2 aliphatic rings. The van der Waals surface area contributed by atoms with Crippen molar-refractivity contribution < 1.29 is 34.1 Å². The van der Waals surface area contributed by atoms with E-state index in [1.54, 1.807) is 30.5 Å². The summed E-state index contributed by atoms with van der Waals surface area (Å²) in [5, 5.41) is 15.6. The third-order valence-electron chi connectivity index (χ3n) is 5.93. The monoisotopic (exact) mass is 509 g/mol. The van der Waals surface area contributed by atoms with Gasteiger partial charge in [-0.1, -0.05) is 18.6 Å². The van der Waals surface area contributed by atoms with E-state index in [0.717, 1.165) is 26.1 Å². The van der Waals surface area contributed by atoms with E-state index in [0.29, 0.717) is 48.7 Å². The molecule has 0 unspecified atom stereocenters. The Hall–Kier alpha value is -4.05. The van der Waals surface area contributed by atoms with Crippen molar-refractivity contribution in [2.45, 2.75) is 38.6 Å². The number of imide groups is 1. The fourth-order valence-corrected chi connectivity index (χ4v) is 4.14. The molecule has 10 heteroatoms. The normalized spacial score (nSPS) is 15.3. The third-order valence-corrected chi connectivity index (χ3v) is 5.93. The first kappa shape index (κ1) is 27.5. The van der Waals surface area contributed by atoms with Gasteiger partial charge in [0.15, 0.2) is 0 Å². The van der Waals surface area contributed by atoms with Crippen LogP contribution in [0.25, 0.3) is 0 Å². The number of aromatic nitrogens is 1. The van der Waals surface area contributed by atoms with Gasteiger partial charge in [0.05, 0.1) is 17.7 Å². The first-order valence-corrected chi connectivity index (χ1v) is 12.2. The Morgan fingerprint density at radius 3 is 2.14 bits per heavy atom. The Balaban J connectivity index is 0.000000414. The molecule has 37 heavy (non-hydrogen) atoms. The van der Waals surface area contributed by atoms with Crippen molar-refractivity contribution in [1.82, 2.24) is 14.8 Å². The molecule has 0 saturated carbocycles. The lowest BCUT2D eigenvalue weighted by Crippen LogP contribution is -2.30. The predicted molar refractivity (Wildman–Crippen MR) is 134 cm³/mol. The van der Waals surface area contributed by atoms with Crippen LogP contribution >= 0.6 is 0 Å². The van der Waals surface area contributed by atoms with Crippen LogP contribution in [0.15, 0.2) is 54.7 Å². The highest BCUT2D eigenvalue weighted by Crippen LogP contribution is 2.22. The fraction of sp³-hybridized carbons (Fsp3) is 0.370. The maximum atomic E-state index is 12.4. The highest BCUT2D eigenvalue weighted by Gasteiger charge is 2.34. The summed E-state index contributed by atoms with van der Waals surface area (Å²) in [6.45, 7) is 4.20. The van der Waals surface area contributed by atoms with Gasteiger partial charge in [0, 0.05) is 37.5 Å². The number of carboxylic acid groups (broad SMARTS) is 2. The summed E-state index contributed by atoms with van der Waals surface area (Å²) in [7, 11) is 0. The maximum absolute atomic E-state index is 12.4. The van der Waals surface area contributed by atoms with Gasteiger partial charge in [0.1, 0.15) is 0 Å². The summed E-state index contributed by atoms with van der Waals surface area (Å²) in [6, 6.07) is 11.0. The van der Waals surface area contributed by atoms with Crippen LogP contribution in [-0.2, 0) is 16.1 Å². The second-order valence-corrected chi connectivity index (χ2v) is 8.71. The molecule has 2 aliphatic heterocycles. The molecule has 4 rings (SSSR count). The molecule has 0 aliphatic carbocycles. The number of carboxylic acids is 2. The van der Waals surface area contributed by atoms with Crippen molar-refractivity contribution in [1.29, 1.82) is 0 Å². The minimum absolute atomic E-state index is 0.196. The lowest BCUT2D eigenvalue weighted by molar-refractivity contribution is -0.134. The highest BCUT2D eigenvalue weighted by molar-refractivity contribution is 6.21. The van der Waals surface area contributed by atoms with Crippen molar-refractivity contribution in [2.75, 3.05) is 26.2 Å². The van der Waals surface area contributed by atoms with Gasteiger partial charge >= 0.3 is 11.9 Å². The van der Waals surface area contributed by atoms with Gasteiger partial charge in [-0.15, -0.1) is 0 Å². The van der Waals surface area contributed by atoms with Crippen LogP contribution in [0.5, 0.6) is 5.88 Å². The molecule has 2 amide bonds. The second-order valence-electron chi connectivity index (χ2n) is 8.71. The maximum Gasteiger partial charge on any atom is 0.328 e. The van der Waals surface area contributed by atoms with Crippen molar-refractivity contribution in [3.63, 3.8) is 0 Å². The van der Waals surface area contributed by atoms with Gasteiger partial charge in [-0.25, -0.2) is 14.6 Å². The van der Waals surface area contributed by atoms with E-state index in [9.17, 15) is 19.2 Å². The van der Waals surface area contributed by atoms with E-state index in [1.165, 1.54) is 29.7 Å². The van der Waals surface area contributed by atoms with Gasteiger partial charge in [0.25, 0.3) is 11.8 Å². The lowest BCUT2D eigenvalue weighted by atomic mass is 10.1. The minimum atomic E-state index is -1.26. The van der Waals surface area contributed by atoms with Crippen LogP contribution in [0.1, 0.15) is 58.4 Å². The summed E-state index contributed by atoms with van der Waals surface area (Å²) in [5.41, 5.74) is 2.23. The van der Waals surface area contributed by atoms with Gasteiger partial charge in [-0.05, 0) is 62.5 Å². The van der Waals surface area contributed by atoms with E-state index < -0.39 is 11.9 Å². The largest absolute Gasteiger partial charge is 0.478 e. The first-order chi connectivity index (χ1) is 17.8. The number of hydrogen-bond acceptors (Lipinski definition) is 7. The SMILES string of the molecule is O=C(O)/C=C/C(=O)O.O=C1c2ccccc2C(=O)N1CCCCOc1cc(CN2CCCCC2)ccn1. The van der Waals surface area contributed by atoms with Crippen molar-refractivity contribution in [3.05, 3.63) is 71.4 Å². The smallest absolute Gasteiger partial charge is 0.328 e. The molecule has 0 bridgehead atoms. The van der Waals surface area contributed by atoms with Crippen LogP contribution < -0.4 is 4.74 Å². The minimum Gasteiger partial charge on any atom is -0.478 e. The molecule has 0 atom stereocenters. The van der Waals surface area contributed by atoms with Crippen LogP contribution in [0.4, 0.5) is 0 Å². The topological polar surface area (TPSA) is 137 Å². The summed E-state index contributed by atoms with van der Waals surface area (Å²) in [6.07, 6.45) is 8.27. The number of fused-ring (bicyclic) bond motifs is 1. The fourth-order valence-electron chi connectivity index (χ4n) is 4.14. The molecular weight excluding hydrogens is 478 g/mol. The molecule has 0 spiro atoms. The van der Waals surface area contributed by atoms with Gasteiger partial charge in [-0.2, -0.15) is 0 Å². The molecule has 0 radical (unpaired) electrons.